The van der Waals surface area contributed by atoms with Crippen molar-refractivity contribution in [3.8, 4) is 5.75 Å². The number of aromatic carboxylic acids is 1. The monoisotopic (exact) mass is 378 g/mol. The van der Waals surface area contributed by atoms with Crippen LogP contribution in [0.1, 0.15) is 10.5 Å². The average molecular weight is 378 g/mol. The van der Waals surface area contributed by atoms with Gasteiger partial charge in [-0.1, -0.05) is 0 Å². The van der Waals surface area contributed by atoms with Crippen molar-refractivity contribution in [1.29, 1.82) is 0 Å². The molecule has 0 saturated carbocycles. The molecule has 0 unspecified atom stereocenters. The van der Waals surface area contributed by atoms with Gasteiger partial charge in [0.2, 0.25) is 0 Å². The summed E-state index contributed by atoms with van der Waals surface area (Å²) in [5, 5.41) is 19.1. The van der Waals surface area contributed by atoms with Crippen LogP contribution in [0.2, 0.25) is 0 Å². The van der Waals surface area contributed by atoms with Gasteiger partial charge in [-0.15, -0.1) is 13.2 Å². The molecule has 0 fully saturated rings. The Kier molecular flexibility index (Phi) is 3.93. The summed E-state index contributed by atoms with van der Waals surface area (Å²) in [6, 6.07) is 0.586. The second kappa shape index (κ2) is 4.91. The molecule has 0 bridgehead atoms. The molecule has 1 heterocycles. The number of carboxylic acid groups (broad SMARTS) is 1. The van der Waals surface area contributed by atoms with E-state index in [1.54, 1.807) is 0 Å². The maximum atomic E-state index is 12.0. The molecule has 18 heavy (non-hydrogen) atoms. The first-order valence-corrected chi connectivity index (χ1v) is 5.03. The number of ether oxygens (including phenoxy) is 1. The fourth-order valence-corrected chi connectivity index (χ4v) is 1.55. The van der Waals surface area contributed by atoms with E-state index in [4.69, 9.17) is 5.11 Å². The number of halogens is 4. The molecule has 0 aliphatic rings. The van der Waals surface area contributed by atoms with Crippen molar-refractivity contribution in [2.24, 2.45) is 0 Å². The molecular weight excluding hydrogens is 376 g/mol. The van der Waals surface area contributed by atoms with Crippen LogP contribution in [0.25, 0.3) is 0 Å². The number of hydrogen-bond donors (Lipinski definition) is 1. The van der Waals surface area contributed by atoms with Crippen LogP contribution in [0.4, 0.5) is 19.0 Å². The van der Waals surface area contributed by atoms with Crippen LogP contribution in [0.15, 0.2) is 6.07 Å². The number of aromatic nitrogens is 1. The molecule has 1 aromatic heterocycles. The van der Waals surface area contributed by atoms with E-state index in [9.17, 15) is 28.1 Å². The lowest BCUT2D eigenvalue weighted by atomic mass is 10.3. The molecule has 0 amide bonds. The molecule has 1 rings (SSSR count). The molecule has 0 aliphatic heterocycles. The Balaban J connectivity index is 3.38. The molecule has 0 atom stereocenters. The van der Waals surface area contributed by atoms with Gasteiger partial charge >= 0.3 is 23.8 Å². The van der Waals surface area contributed by atoms with Crippen LogP contribution in [0.5, 0.6) is 5.75 Å². The standard InChI is InChI=1S/C7H2F3IN2O5/c8-7(9,10)18-3-1-2(11)5(13(16)17)12-4(3)6(14)15/h1H,(H,14,15). The molecular formula is C7H2F3IN2O5. The normalized spacial score (nSPS) is 11.1. The van der Waals surface area contributed by atoms with Gasteiger partial charge in [0.15, 0.2) is 5.75 Å². The van der Waals surface area contributed by atoms with Crippen molar-refractivity contribution in [3.05, 3.63) is 25.4 Å². The third-order valence-corrected chi connectivity index (χ3v) is 2.32. The van der Waals surface area contributed by atoms with Gasteiger partial charge < -0.3 is 20.0 Å². The van der Waals surface area contributed by atoms with Crippen molar-refractivity contribution >= 4 is 34.4 Å². The van der Waals surface area contributed by atoms with Crippen molar-refractivity contribution in [3.63, 3.8) is 0 Å². The fraction of sp³-hybridized carbons (Fsp3) is 0.143. The summed E-state index contributed by atoms with van der Waals surface area (Å²) in [6.45, 7) is 0. The van der Waals surface area contributed by atoms with Crippen LogP contribution in [-0.2, 0) is 0 Å². The minimum atomic E-state index is -5.12. The summed E-state index contributed by atoms with van der Waals surface area (Å²) >= 11 is 1.35. The third-order valence-electron chi connectivity index (χ3n) is 1.52. The topological polar surface area (TPSA) is 103 Å². The van der Waals surface area contributed by atoms with Crippen LogP contribution in [0, 0.1) is 13.7 Å². The Hall–Kier alpha value is -1.66. The third kappa shape index (κ3) is 3.41. The van der Waals surface area contributed by atoms with Crippen molar-refractivity contribution in [2.45, 2.75) is 6.36 Å². The van der Waals surface area contributed by atoms with E-state index in [1.165, 1.54) is 22.6 Å². The molecule has 11 heteroatoms. The van der Waals surface area contributed by atoms with E-state index in [-0.39, 0.29) is 3.57 Å². The predicted molar refractivity (Wildman–Crippen MR) is 57.3 cm³/mol. The predicted octanol–water partition coefficient (Wildman–Crippen LogP) is 2.19. The SMILES string of the molecule is O=C(O)c1nc([N+](=O)[O-])c(I)cc1OC(F)(F)F. The van der Waals surface area contributed by atoms with E-state index in [0.717, 1.165) is 0 Å². The lowest BCUT2D eigenvalue weighted by molar-refractivity contribution is -0.390. The molecule has 1 N–H and O–H groups in total. The Bertz CT molecular complexity index is 519. The molecule has 0 aliphatic carbocycles. The lowest BCUT2D eigenvalue weighted by Crippen LogP contribution is -2.20. The van der Waals surface area contributed by atoms with E-state index in [0.29, 0.717) is 6.07 Å². The van der Waals surface area contributed by atoms with E-state index in [1.807, 2.05) is 0 Å². The van der Waals surface area contributed by atoms with Gasteiger partial charge in [-0.25, -0.2) is 4.79 Å². The number of pyridine rings is 1. The second-order valence-electron chi connectivity index (χ2n) is 2.75. The molecule has 0 saturated heterocycles. The maximum Gasteiger partial charge on any atom is 0.573 e. The minimum absolute atomic E-state index is 0.276. The number of nitro groups is 1. The van der Waals surface area contributed by atoms with Crippen molar-refractivity contribution in [1.82, 2.24) is 4.98 Å². The van der Waals surface area contributed by atoms with Crippen LogP contribution < -0.4 is 4.74 Å². The number of alkyl halides is 3. The molecule has 1 aromatic rings. The molecule has 0 aromatic carbocycles. The summed E-state index contributed by atoms with van der Waals surface area (Å²) < 4.78 is 39.2. The zero-order valence-electron chi connectivity index (χ0n) is 8.06. The molecule has 0 spiro atoms. The lowest BCUT2D eigenvalue weighted by Gasteiger charge is -2.09. The summed E-state index contributed by atoms with van der Waals surface area (Å²) in [7, 11) is 0. The maximum absolute atomic E-state index is 12.0. The quantitative estimate of drug-likeness (QED) is 0.492. The largest absolute Gasteiger partial charge is 0.573 e. The van der Waals surface area contributed by atoms with Gasteiger partial charge in [-0.05, 0) is 32.5 Å². The van der Waals surface area contributed by atoms with Gasteiger partial charge in [0, 0.05) is 6.07 Å². The van der Waals surface area contributed by atoms with Gasteiger partial charge in [0.1, 0.15) is 3.57 Å². The van der Waals surface area contributed by atoms with E-state index in [2.05, 4.69) is 9.72 Å². The highest BCUT2D eigenvalue weighted by Crippen LogP contribution is 2.30. The number of carboxylic acids is 1. The summed E-state index contributed by atoms with van der Waals surface area (Å²) in [4.78, 5) is 23.2. The number of rotatable bonds is 3. The Morgan fingerprint density at radius 3 is 2.50 bits per heavy atom. The van der Waals surface area contributed by atoms with Gasteiger partial charge in [0.05, 0.1) is 0 Å². The highest BCUT2D eigenvalue weighted by atomic mass is 127. The van der Waals surface area contributed by atoms with E-state index < -0.39 is 34.5 Å². The Labute approximate surface area is 110 Å². The van der Waals surface area contributed by atoms with Crippen molar-refractivity contribution in [2.75, 3.05) is 0 Å². The second-order valence-corrected chi connectivity index (χ2v) is 3.91. The number of carbonyl (C=O) groups is 1. The van der Waals surface area contributed by atoms with Crippen molar-refractivity contribution < 1.29 is 32.7 Å². The van der Waals surface area contributed by atoms with E-state index >= 15 is 0 Å². The summed E-state index contributed by atoms with van der Waals surface area (Å²) in [5.41, 5.74) is -1.18. The van der Waals surface area contributed by atoms with Crippen LogP contribution in [0.3, 0.4) is 0 Å². The molecule has 0 radical (unpaired) electrons. The average Bonchev–Trinajstić information content (AvgIpc) is 2.13. The Morgan fingerprint density at radius 1 is 1.56 bits per heavy atom. The smallest absolute Gasteiger partial charge is 0.475 e. The first kappa shape index (κ1) is 14.4. The molecule has 98 valence electrons. The number of hydrogen-bond acceptors (Lipinski definition) is 5. The summed E-state index contributed by atoms with van der Waals surface area (Å²) in [5.74, 6) is -3.83. The zero-order chi connectivity index (χ0) is 14.1. The van der Waals surface area contributed by atoms with Gasteiger partial charge in [-0.2, -0.15) is 0 Å². The summed E-state index contributed by atoms with van der Waals surface area (Å²) in [6.07, 6.45) is -5.12. The number of nitrogens with zero attached hydrogens (tertiary/aromatic N) is 2. The van der Waals surface area contributed by atoms with Crippen LogP contribution in [-0.4, -0.2) is 27.3 Å². The first-order chi connectivity index (χ1) is 8.11. The highest BCUT2D eigenvalue weighted by Gasteiger charge is 2.36. The van der Waals surface area contributed by atoms with Gasteiger partial charge in [0.25, 0.3) is 0 Å². The fourth-order valence-electron chi connectivity index (χ4n) is 0.946. The van der Waals surface area contributed by atoms with Gasteiger partial charge in [-0.3, -0.25) is 0 Å². The zero-order valence-corrected chi connectivity index (χ0v) is 10.2. The first-order valence-electron chi connectivity index (χ1n) is 3.96. The highest BCUT2D eigenvalue weighted by molar-refractivity contribution is 14.1. The Morgan fingerprint density at radius 2 is 2.11 bits per heavy atom. The minimum Gasteiger partial charge on any atom is -0.475 e. The molecule has 7 nitrogen and oxygen atoms in total. The van der Waals surface area contributed by atoms with Crippen LogP contribution >= 0.6 is 22.6 Å².